The standard InChI is InChI=1S/C37H9Cl2F15N4O4S2/c38-63(59,60)13-6-12-17(20-25(44)31(50)35(54)32(51)26(20)45)37-14(64(39,61)62)5-11(58-37)16(19-23(42)29(48)34(53)30(49)24(19)43)9-2-1-7(55-9)15(8-3-4-10(56-8)36(13)57-12)18-21(40)27(46)33(52)28(47)22(18)41/h1-6,55,57-58H. The van der Waals surface area contributed by atoms with Gasteiger partial charge in [0.05, 0.1) is 50.1 Å². The van der Waals surface area contributed by atoms with E-state index in [2.05, 4.69) is 15.0 Å². The number of rotatable bonds is 5. The van der Waals surface area contributed by atoms with Crippen molar-refractivity contribution in [2.75, 3.05) is 0 Å². The Kier molecular flexibility index (Phi) is 10.4. The van der Waals surface area contributed by atoms with Crippen LogP contribution in [0.25, 0.3) is 78.6 Å². The Hall–Kier alpha value is -6.18. The highest BCUT2D eigenvalue weighted by Gasteiger charge is 2.35. The highest BCUT2D eigenvalue weighted by molar-refractivity contribution is 8.14. The number of nitrogens with one attached hydrogen (secondary N) is 3. The van der Waals surface area contributed by atoms with Crippen molar-refractivity contribution >= 4 is 84.7 Å². The average Bonchev–Trinajstić information content (AvgIpc) is 4.07. The van der Waals surface area contributed by atoms with Crippen LogP contribution in [0.4, 0.5) is 65.9 Å². The SMILES string of the molecule is O=S(=O)(Cl)c1cc2[nH]c1c1nc(c(-c3c(F)c(F)c(F)c(F)c3F)c3ccc([nH]3)c(-c3c(F)c(F)c(F)c(F)c3F)c3cc(S(=O)(=O)Cl)c([nH]3)c2-c2c(F)c(F)c(F)c(F)c2F)C=C1. The molecule has 3 N–H and O–H groups in total. The second kappa shape index (κ2) is 15.0. The van der Waals surface area contributed by atoms with Crippen molar-refractivity contribution in [3.8, 4) is 33.4 Å². The zero-order valence-corrected chi connectivity index (χ0v) is 32.9. The molecule has 64 heavy (non-hydrogen) atoms. The molecule has 4 aromatic heterocycles. The van der Waals surface area contributed by atoms with E-state index in [-0.39, 0.29) is 12.1 Å². The zero-order valence-electron chi connectivity index (χ0n) is 29.8. The molecular formula is C37H9Cl2F15N4O4S2. The number of halogens is 17. The predicted molar refractivity (Wildman–Crippen MR) is 197 cm³/mol. The van der Waals surface area contributed by atoms with Crippen LogP contribution in [0.15, 0.2) is 34.1 Å². The molecule has 8 rings (SSSR count). The number of hydrogen-bond donors (Lipinski definition) is 3. The summed E-state index contributed by atoms with van der Waals surface area (Å²) >= 11 is 0. The van der Waals surface area contributed by atoms with E-state index in [0.717, 1.165) is 12.2 Å². The fourth-order valence-corrected chi connectivity index (χ4v) is 8.95. The van der Waals surface area contributed by atoms with Gasteiger partial charge in [0.1, 0.15) is 9.79 Å². The van der Waals surface area contributed by atoms with Crippen molar-refractivity contribution in [2.45, 2.75) is 9.79 Å². The number of aromatic nitrogens is 4. The third kappa shape index (κ3) is 6.57. The number of nitrogens with zero attached hydrogens (tertiary/aromatic N) is 1. The molecule has 1 aliphatic heterocycles. The Bertz CT molecular complexity index is 3620. The van der Waals surface area contributed by atoms with Crippen molar-refractivity contribution in [1.82, 2.24) is 19.9 Å². The first-order valence-electron chi connectivity index (χ1n) is 16.6. The number of H-pyrrole nitrogens is 3. The second-order valence-corrected chi connectivity index (χ2v) is 18.2. The summed E-state index contributed by atoms with van der Waals surface area (Å²) in [6.07, 6.45) is 1.47. The Morgan fingerprint density at radius 1 is 0.359 bits per heavy atom. The van der Waals surface area contributed by atoms with Gasteiger partial charge in [-0.05, 0) is 36.4 Å². The molecule has 0 unspecified atom stereocenters. The van der Waals surface area contributed by atoms with Crippen LogP contribution in [0, 0.1) is 87.3 Å². The van der Waals surface area contributed by atoms with Crippen LogP contribution in [0.3, 0.4) is 0 Å². The van der Waals surface area contributed by atoms with Crippen molar-refractivity contribution in [3.63, 3.8) is 0 Å². The molecule has 8 bridgehead atoms. The van der Waals surface area contributed by atoms with E-state index in [1.807, 2.05) is 4.98 Å². The van der Waals surface area contributed by atoms with Gasteiger partial charge in [-0.15, -0.1) is 0 Å². The Morgan fingerprint density at radius 3 is 1.09 bits per heavy atom. The van der Waals surface area contributed by atoms with Gasteiger partial charge in [-0.2, -0.15) is 0 Å². The van der Waals surface area contributed by atoms with E-state index in [9.17, 15) is 56.3 Å². The molecule has 0 radical (unpaired) electrons. The van der Waals surface area contributed by atoms with E-state index in [1.165, 1.54) is 0 Å². The van der Waals surface area contributed by atoms with Crippen LogP contribution < -0.4 is 0 Å². The van der Waals surface area contributed by atoms with Gasteiger partial charge < -0.3 is 15.0 Å². The molecule has 0 aliphatic carbocycles. The van der Waals surface area contributed by atoms with Crippen LogP contribution in [0.5, 0.6) is 0 Å². The Morgan fingerprint density at radius 2 is 0.672 bits per heavy atom. The summed E-state index contributed by atoms with van der Waals surface area (Å²) in [5.74, 6) is -40.2. The predicted octanol–water partition coefficient (Wildman–Crippen LogP) is 11.6. The van der Waals surface area contributed by atoms with E-state index in [1.54, 1.807) is 0 Å². The molecule has 0 saturated heterocycles. The molecule has 0 spiro atoms. The lowest BCUT2D eigenvalue weighted by molar-refractivity contribution is 0.381. The minimum absolute atomic E-state index is 0.172. The highest BCUT2D eigenvalue weighted by atomic mass is 35.7. The van der Waals surface area contributed by atoms with E-state index in [4.69, 9.17) is 21.4 Å². The molecule has 332 valence electrons. The summed E-state index contributed by atoms with van der Waals surface area (Å²) in [6.45, 7) is 0. The molecule has 7 aromatic rings. The van der Waals surface area contributed by atoms with Gasteiger partial charge >= 0.3 is 0 Å². The van der Waals surface area contributed by atoms with Gasteiger partial charge in [-0.1, -0.05) is 0 Å². The Labute approximate surface area is 352 Å². The molecule has 0 fully saturated rings. The summed E-state index contributed by atoms with van der Waals surface area (Å²) in [4.78, 5) is 7.59. The van der Waals surface area contributed by atoms with Crippen LogP contribution in [0.1, 0.15) is 11.4 Å². The molecule has 27 heteroatoms. The van der Waals surface area contributed by atoms with Crippen LogP contribution in [-0.2, 0) is 18.1 Å². The molecule has 8 nitrogen and oxygen atoms in total. The summed E-state index contributed by atoms with van der Waals surface area (Å²) in [6, 6.07) is 1.70. The van der Waals surface area contributed by atoms with Crippen LogP contribution in [-0.4, -0.2) is 36.8 Å². The maximum absolute atomic E-state index is 15.9. The number of hydrogen-bond acceptors (Lipinski definition) is 5. The van der Waals surface area contributed by atoms with E-state index < -0.39 is 193 Å². The number of fused-ring (bicyclic) bond motifs is 9. The Balaban J connectivity index is 1.78. The van der Waals surface area contributed by atoms with Crippen molar-refractivity contribution in [2.24, 2.45) is 0 Å². The molecule has 0 saturated carbocycles. The fourth-order valence-electron chi connectivity index (χ4n) is 6.91. The third-order valence-corrected chi connectivity index (χ3v) is 12.3. The molecule has 3 aromatic carbocycles. The first-order chi connectivity index (χ1) is 29.8. The van der Waals surface area contributed by atoms with Crippen LogP contribution >= 0.6 is 21.4 Å². The lowest BCUT2D eigenvalue weighted by Gasteiger charge is -2.11. The van der Waals surface area contributed by atoms with Gasteiger partial charge in [-0.3, -0.25) is 0 Å². The maximum atomic E-state index is 15.9. The maximum Gasteiger partial charge on any atom is 0.263 e. The molecular weight excluding hydrogens is 984 g/mol. The molecule has 0 atom stereocenters. The number of benzene rings is 3. The van der Waals surface area contributed by atoms with Crippen LogP contribution in [0.2, 0.25) is 0 Å². The largest absolute Gasteiger partial charge is 0.354 e. The average molecular weight is 994 g/mol. The van der Waals surface area contributed by atoms with Gasteiger partial charge in [0.2, 0.25) is 17.5 Å². The molecule has 0 amide bonds. The quantitative estimate of drug-likeness (QED) is 0.0685. The highest BCUT2D eigenvalue weighted by Crippen LogP contribution is 2.45. The minimum Gasteiger partial charge on any atom is -0.354 e. The van der Waals surface area contributed by atoms with Gasteiger partial charge in [0.25, 0.3) is 18.1 Å². The summed E-state index contributed by atoms with van der Waals surface area (Å²) in [5, 5.41) is 0. The number of aromatic amines is 3. The third-order valence-electron chi connectivity index (χ3n) is 9.63. The normalized spacial score (nSPS) is 12.6. The van der Waals surface area contributed by atoms with Gasteiger partial charge in [-0.25, -0.2) is 87.7 Å². The van der Waals surface area contributed by atoms with Gasteiger partial charge in [0, 0.05) is 49.1 Å². The lowest BCUT2D eigenvalue weighted by atomic mass is 10.0. The van der Waals surface area contributed by atoms with Crippen molar-refractivity contribution < 1.29 is 82.7 Å². The molecule has 1 aliphatic rings. The first kappa shape index (κ1) is 44.4. The topological polar surface area (TPSA) is 129 Å². The summed E-state index contributed by atoms with van der Waals surface area (Å²) in [5.41, 5.74) is -18.6. The zero-order chi connectivity index (χ0) is 47.0. The summed E-state index contributed by atoms with van der Waals surface area (Å²) in [7, 11) is 0.491. The van der Waals surface area contributed by atoms with E-state index in [0.29, 0.717) is 12.1 Å². The van der Waals surface area contributed by atoms with Crippen molar-refractivity contribution in [3.05, 3.63) is 123 Å². The molecule has 5 heterocycles. The first-order valence-corrected chi connectivity index (χ1v) is 21.3. The fraction of sp³-hybridized carbons (Fsp3) is 0. The smallest absolute Gasteiger partial charge is 0.263 e. The lowest BCUT2D eigenvalue weighted by Crippen LogP contribution is -2.05. The second-order valence-electron chi connectivity index (χ2n) is 13.2. The summed E-state index contributed by atoms with van der Waals surface area (Å²) < 4.78 is 280. The minimum atomic E-state index is -5.56. The van der Waals surface area contributed by atoms with E-state index >= 15 is 26.3 Å². The van der Waals surface area contributed by atoms with Crippen molar-refractivity contribution in [1.29, 1.82) is 0 Å². The van der Waals surface area contributed by atoms with Gasteiger partial charge in [0.15, 0.2) is 69.8 Å². The monoisotopic (exact) mass is 992 g/mol.